The van der Waals surface area contributed by atoms with Crippen LogP contribution in [0.2, 0.25) is 0 Å². The van der Waals surface area contributed by atoms with E-state index >= 15 is 0 Å². The van der Waals surface area contributed by atoms with E-state index in [0.29, 0.717) is 6.54 Å². The van der Waals surface area contributed by atoms with Crippen LogP contribution in [0.3, 0.4) is 0 Å². The van der Waals surface area contributed by atoms with Gasteiger partial charge in [0.05, 0.1) is 4.90 Å². The summed E-state index contributed by atoms with van der Waals surface area (Å²) in [4.78, 5) is -0.0585. The van der Waals surface area contributed by atoms with Crippen LogP contribution in [0.5, 0.6) is 0 Å². The van der Waals surface area contributed by atoms with Crippen molar-refractivity contribution in [2.24, 2.45) is 0 Å². The number of nitrogens with zero attached hydrogens (tertiary/aromatic N) is 1. The van der Waals surface area contributed by atoms with Crippen LogP contribution in [0.4, 0.5) is 10.1 Å². The summed E-state index contributed by atoms with van der Waals surface area (Å²) in [7, 11) is -3.64. The largest absolute Gasteiger partial charge is 0.398 e. The van der Waals surface area contributed by atoms with E-state index in [0.717, 1.165) is 18.9 Å². The summed E-state index contributed by atoms with van der Waals surface area (Å²) in [5.41, 5.74) is 6.08. The second-order valence-electron chi connectivity index (χ2n) is 4.56. The van der Waals surface area contributed by atoms with Crippen LogP contribution in [0.25, 0.3) is 0 Å². The molecule has 6 heteroatoms. The number of sulfonamides is 1. The van der Waals surface area contributed by atoms with Crippen molar-refractivity contribution in [2.75, 3.05) is 12.3 Å². The second kappa shape index (κ2) is 4.51. The molecule has 0 unspecified atom stereocenters. The topological polar surface area (TPSA) is 63.4 Å². The number of hydrogen-bond donors (Lipinski definition) is 1. The van der Waals surface area contributed by atoms with E-state index < -0.39 is 15.8 Å². The third-order valence-electron chi connectivity index (χ3n) is 3.23. The van der Waals surface area contributed by atoms with Crippen LogP contribution in [0, 0.1) is 12.7 Å². The van der Waals surface area contributed by atoms with E-state index in [9.17, 15) is 12.8 Å². The number of nitrogens with two attached hydrogens (primary N) is 1. The molecular weight excluding hydrogens is 255 g/mol. The maximum absolute atomic E-state index is 13.6. The van der Waals surface area contributed by atoms with Crippen molar-refractivity contribution >= 4 is 15.7 Å². The van der Waals surface area contributed by atoms with Crippen LogP contribution in [0.1, 0.15) is 25.3 Å². The van der Waals surface area contributed by atoms with Gasteiger partial charge in [-0.2, -0.15) is 4.31 Å². The number of halogens is 1. The summed E-state index contributed by atoms with van der Waals surface area (Å²) in [6.45, 7) is 3.70. The van der Waals surface area contributed by atoms with Crippen LogP contribution in [0.15, 0.2) is 17.0 Å². The van der Waals surface area contributed by atoms with Crippen molar-refractivity contribution in [3.8, 4) is 0 Å². The molecule has 0 bridgehead atoms. The summed E-state index contributed by atoms with van der Waals surface area (Å²) < 4.78 is 39.7. The van der Waals surface area contributed by atoms with Gasteiger partial charge in [0.15, 0.2) is 0 Å². The molecule has 2 rings (SSSR count). The van der Waals surface area contributed by atoms with Crippen molar-refractivity contribution in [3.63, 3.8) is 0 Å². The molecule has 1 fully saturated rings. The fourth-order valence-electron chi connectivity index (χ4n) is 1.95. The summed E-state index contributed by atoms with van der Waals surface area (Å²) in [5, 5.41) is 0. The van der Waals surface area contributed by atoms with Crippen LogP contribution < -0.4 is 5.73 Å². The molecule has 1 aromatic rings. The zero-order valence-electron chi connectivity index (χ0n) is 10.5. The molecular formula is C12H17FN2O2S. The second-order valence-corrected chi connectivity index (χ2v) is 6.45. The third-order valence-corrected chi connectivity index (χ3v) is 5.24. The molecule has 0 aromatic heterocycles. The summed E-state index contributed by atoms with van der Waals surface area (Å²) in [6, 6.07) is 2.44. The molecule has 0 aliphatic heterocycles. The van der Waals surface area contributed by atoms with Gasteiger partial charge in [-0.3, -0.25) is 0 Å². The predicted octanol–water partition coefficient (Wildman–Crippen LogP) is 1.89. The van der Waals surface area contributed by atoms with Crippen molar-refractivity contribution < 1.29 is 12.8 Å². The van der Waals surface area contributed by atoms with Crippen LogP contribution in [-0.4, -0.2) is 25.3 Å². The van der Waals surface area contributed by atoms with Crippen LogP contribution >= 0.6 is 0 Å². The first-order valence-electron chi connectivity index (χ1n) is 5.95. The van der Waals surface area contributed by atoms with Gasteiger partial charge in [0.25, 0.3) is 0 Å². The van der Waals surface area contributed by atoms with Gasteiger partial charge in [0.2, 0.25) is 10.0 Å². The minimum absolute atomic E-state index is 0.0585. The number of nitrogen functional groups attached to an aromatic ring is 1. The van der Waals surface area contributed by atoms with Gasteiger partial charge in [-0.1, -0.05) is 6.92 Å². The van der Waals surface area contributed by atoms with Gasteiger partial charge in [-0.25, -0.2) is 12.8 Å². The Labute approximate surface area is 107 Å². The Morgan fingerprint density at radius 3 is 2.50 bits per heavy atom. The van der Waals surface area contributed by atoms with Gasteiger partial charge in [0.1, 0.15) is 5.82 Å². The minimum Gasteiger partial charge on any atom is -0.398 e. The molecule has 0 atom stereocenters. The number of anilines is 1. The molecule has 1 aliphatic carbocycles. The van der Waals surface area contributed by atoms with Crippen molar-refractivity contribution in [3.05, 3.63) is 23.5 Å². The first-order valence-corrected chi connectivity index (χ1v) is 7.39. The third kappa shape index (κ3) is 2.22. The Morgan fingerprint density at radius 2 is 2.06 bits per heavy atom. The molecule has 2 N–H and O–H groups in total. The maximum atomic E-state index is 13.6. The average molecular weight is 272 g/mol. The maximum Gasteiger partial charge on any atom is 0.243 e. The van der Waals surface area contributed by atoms with Gasteiger partial charge < -0.3 is 5.73 Å². The zero-order chi connectivity index (χ0) is 13.5. The lowest BCUT2D eigenvalue weighted by molar-refractivity contribution is 0.420. The van der Waals surface area contributed by atoms with Crippen molar-refractivity contribution in [2.45, 2.75) is 37.6 Å². The quantitative estimate of drug-likeness (QED) is 0.851. The zero-order valence-corrected chi connectivity index (χ0v) is 11.3. The molecule has 0 saturated heterocycles. The van der Waals surface area contributed by atoms with Gasteiger partial charge in [-0.15, -0.1) is 0 Å². The smallest absolute Gasteiger partial charge is 0.243 e. The molecule has 0 radical (unpaired) electrons. The highest BCUT2D eigenvalue weighted by Crippen LogP contribution is 2.32. The number of benzene rings is 1. The normalized spacial score (nSPS) is 16.2. The first kappa shape index (κ1) is 13.3. The Kier molecular flexibility index (Phi) is 3.33. The highest BCUT2D eigenvalue weighted by molar-refractivity contribution is 7.89. The lowest BCUT2D eigenvalue weighted by Gasteiger charge is -2.20. The summed E-state index contributed by atoms with van der Waals surface area (Å²) in [6.07, 6.45) is 1.74. The Bertz CT molecular complexity index is 544. The lowest BCUT2D eigenvalue weighted by Crippen LogP contribution is -2.33. The molecule has 1 aromatic carbocycles. The summed E-state index contributed by atoms with van der Waals surface area (Å²) >= 11 is 0. The lowest BCUT2D eigenvalue weighted by atomic mass is 10.2. The summed E-state index contributed by atoms with van der Waals surface area (Å²) in [5.74, 6) is -0.583. The average Bonchev–Trinajstić information content (AvgIpc) is 3.10. The molecule has 0 spiro atoms. The standard InChI is InChI=1S/C12H17FN2O2S/c1-3-15(9-4-5-9)18(16,17)10-6-11(13)8(2)12(14)7-10/h6-7,9H,3-5,14H2,1-2H3. The van der Waals surface area contributed by atoms with E-state index in [4.69, 9.17) is 5.73 Å². The van der Waals surface area contributed by atoms with Gasteiger partial charge in [0, 0.05) is 23.8 Å². The molecule has 100 valence electrons. The molecule has 18 heavy (non-hydrogen) atoms. The van der Waals surface area contributed by atoms with Crippen LogP contribution in [-0.2, 0) is 10.0 Å². The van der Waals surface area contributed by atoms with E-state index in [-0.39, 0.29) is 22.2 Å². The molecule has 1 aliphatic rings. The van der Waals surface area contributed by atoms with E-state index in [1.54, 1.807) is 6.92 Å². The Morgan fingerprint density at radius 1 is 1.44 bits per heavy atom. The van der Waals surface area contributed by atoms with E-state index in [1.165, 1.54) is 17.3 Å². The fraction of sp³-hybridized carbons (Fsp3) is 0.500. The van der Waals surface area contributed by atoms with Gasteiger partial charge >= 0.3 is 0 Å². The van der Waals surface area contributed by atoms with E-state index in [1.807, 2.05) is 0 Å². The first-order chi connectivity index (χ1) is 8.37. The highest BCUT2D eigenvalue weighted by Gasteiger charge is 2.37. The molecule has 4 nitrogen and oxygen atoms in total. The minimum atomic E-state index is -3.64. The molecule has 0 heterocycles. The Hall–Kier alpha value is -1.14. The monoisotopic (exact) mass is 272 g/mol. The number of rotatable bonds is 4. The van der Waals surface area contributed by atoms with E-state index in [2.05, 4.69) is 0 Å². The predicted molar refractivity (Wildman–Crippen MR) is 68.1 cm³/mol. The molecule has 1 saturated carbocycles. The fourth-order valence-corrected chi connectivity index (χ4v) is 3.69. The highest BCUT2D eigenvalue weighted by atomic mass is 32.2. The Balaban J connectivity index is 2.46. The SMILES string of the molecule is CCN(C1CC1)S(=O)(=O)c1cc(N)c(C)c(F)c1. The van der Waals surface area contributed by atoms with Gasteiger partial charge in [-0.05, 0) is 31.9 Å². The number of hydrogen-bond acceptors (Lipinski definition) is 3. The van der Waals surface area contributed by atoms with Crippen molar-refractivity contribution in [1.29, 1.82) is 0 Å². The van der Waals surface area contributed by atoms with Crippen molar-refractivity contribution in [1.82, 2.24) is 4.31 Å². The molecule has 0 amide bonds.